The summed E-state index contributed by atoms with van der Waals surface area (Å²) in [6, 6.07) is 0. The van der Waals surface area contributed by atoms with Crippen LogP contribution in [0.1, 0.15) is 90.9 Å². The van der Waals surface area contributed by atoms with Crippen molar-refractivity contribution in [2.24, 2.45) is 17.3 Å². The molecule has 0 radical (unpaired) electrons. The van der Waals surface area contributed by atoms with E-state index in [9.17, 15) is 0 Å². The van der Waals surface area contributed by atoms with E-state index in [2.05, 4.69) is 13.8 Å². The molecule has 0 N–H and O–H groups in total. The summed E-state index contributed by atoms with van der Waals surface area (Å²) >= 11 is 0. The zero-order chi connectivity index (χ0) is 13.7. The Balaban J connectivity index is 1.73. The second-order valence-electron chi connectivity index (χ2n) is 8.05. The summed E-state index contributed by atoms with van der Waals surface area (Å²) in [5, 5.41) is 0. The Morgan fingerprint density at radius 1 is 0.947 bits per heavy atom. The molecule has 0 bridgehead atoms. The van der Waals surface area contributed by atoms with Gasteiger partial charge in [-0.1, -0.05) is 70.8 Å². The van der Waals surface area contributed by atoms with Crippen molar-refractivity contribution in [2.75, 3.05) is 0 Å². The second kappa shape index (κ2) is 7.29. The van der Waals surface area contributed by atoms with E-state index in [0.717, 1.165) is 22.8 Å². The standard InChI is InChI=1S/C18H36Si/c1-3-4-5-6-15-7-9-16(10-8-15)18(2)13-11-17(19)12-14-18/h15-17H,3-14H2,1-2,19H3/t15-,16-,17-,18-. The van der Waals surface area contributed by atoms with Gasteiger partial charge in [0, 0.05) is 10.2 Å². The van der Waals surface area contributed by atoms with Crippen molar-refractivity contribution in [2.45, 2.75) is 96.4 Å². The Bertz CT molecular complexity index is 244. The average molecular weight is 281 g/mol. The molecule has 0 atom stereocenters. The molecule has 0 saturated heterocycles. The van der Waals surface area contributed by atoms with Gasteiger partial charge in [0.05, 0.1) is 0 Å². The van der Waals surface area contributed by atoms with Crippen molar-refractivity contribution in [1.29, 1.82) is 0 Å². The van der Waals surface area contributed by atoms with E-state index in [0.29, 0.717) is 0 Å². The number of rotatable bonds is 5. The maximum Gasteiger partial charge on any atom is 0.00673 e. The number of unbranched alkanes of at least 4 members (excludes halogenated alkanes) is 2. The first-order valence-corrected chi connectivity index (χ1v) is 10.3. The molecule has 19 heavy (non-hydrogen) atoms. The molecule has 0 spiro atoms. The van der Waals surface area contributed by atoms with Crippen LogP contribution in [0, 0.1) is 17.3 Å². The first-order valence-electron chi connectivity index (χ1n) is 9.14. The summed E-state index contributed by atoms with van der Waals surface area (Å²) in [5.41, 5.74) is 1.87. The highest BCUT2D eigenvalue weighted by molar-refractivity contribution is 6.11. The lowest BCUT2D eigenvalue weighted by Crippen LogP contribution is -2.34. The summed E-state index contributed by atoms with van der Waals surface area (Å²) in [7, 11) is 1.44. The molecule has 112 valence electrons. The first kappa shape index (κ1) is 15.6. The molecule has 2 rings (SSSR count). The van der Waals surface area contributed by atoms with E-state index in [1.807, 2.05) is 0 Å². The Labute approximate surface area is 124 Å². The molecule has 2 fully saturated rings. The van der Waals surface area contributed by atoms with E-state index in [1.54, 1.807) is 51.4 Å². The minimum Gasteiger partial charge on any atom is -0.0654 e. The average Bonchev–Trinajstić information content (AvgIpc) is 2.43. The van der Waals surface area contributed by atoms with Gasteiger partial charge in [0.2, 0.25) is 0 Å². The van der Waals surface area contributed by atoms with Crippen LogP contribution in [0.2, 0.25) is 5.54 Å². The van der Waals surface area contributed by atoms with Crippen LogP contribution >= 0.6 is 0 Å². The van der Waals surface area contributed by atoms with E-state index < -0.39 is 0 Å². The van der Waals surface area contributed by atoms with Crippen LogP contribution in [0.25, 0.3) is 0 Å². The van der Waals surface area contributed by atoms with Crippen LogP contribution in [-0.2, 0) is 0 Å². The van der Waals surface area contributed by atoms with Gasteiger partial charge in [-0.05, 0) is 42.9 Å². The van der Waals surface area contributed by atoms with Gasteiger partial charge >= 0.3 is 0 Å². The Hall–Kier alpha value is 0.217. The molecule has 0 unspecified atom stereocenters. The van der Waals surface area contributed by atoms with Crippen LogP contribution in [0.5, 0.6) is 0 Å². The molecule has 2 aliphatic carbocycles. The molecule has 2 saturated carbocycles. The maximum absolute atomic E-state index is 2.63. The second-order valence-corrected chi connectivity index (χ2v) is 9.68. The fraction of sp³-hybridized carbons (Fsp3) is 1.00. The molecule has 0 aromatic rings. The molecule has 0 heterocycles. The lowest BCUT2D eigenvalue weighted by atomic mass is 9.61. The summed E-state index contributed by atoms with van der Waals surface area (Å²) in [4.78, 5) is 0. The maximum atomic E-state index is 2.63. The van der Waals surface area contributed by atoms with Gasteiger partial charge < -0.3 is 0 Å². The van der Waals surface area contributed by atoms with Crippen LogP contribution < -0.4 is 0 Å². The molecule has 1 heteroatoms. The molecule has 0 aromatic carbocycles. The normalized spacial score (nSPS) is 40.4. The third kappa shape index (κ3) is 4.34. The molecular formula is C18H36Si. The summed E-state index contributed by atoms with van der Waals surface area (Å²) in [6.07, 6.45) is 18.3. The lowest BCUT2D eigenvalue weighted by Gasteiger charge is -2.45. The molecular weight excluding hydrogens is 244 g/mol. The van der Waals surface area contributed by atoms with E-state index in [1.165, 1.54) is 35.9 Å². The van der Waals surface area contributed by atoms with Crippen molar-refractivity contribution in [3.8, 4) is 0 Å². The fourth-order valence-electron chi connectivity index (χ4n) is 4.66. The highest BCUT2D eigenvalue weighted by atomic mass is 28.1. The van der Waals surface area contributed by atoms with Crippen molar-refractivity contribution in [3.05, 3.63) is 0 Å². The molecule has 0 aromatic heterocycles. The molecule has 2 aliphatic rings. The van der Waals surface area contributed by atoms with Gasteiger partial charge in [0.1, 0.15) is 0 Å². The highest BCUT2D eigenvalue weighted by Gasteiger charge is 2.38. The fourth-order valence-corrected chi connectivity index (χ4v) is 5.24. The Kier molecular flexibility index (Phi) is 5.99. The monoisotopic (exact) mass is 280 g/mol. The third-order valence-corrected chi connectivity index (χ3v) is 7.62. The minimum atomic E-state index is 0.731. The van der Waals surface area contributed by atoms with Crippen LogP contribution in [0.15, 0.2) is 0 Å². The van der Waals surface area contributed by atoms with Crippen LogP contribution in [-0.4, -0.2) is 10.2 Å². The van der Waals surface area contributed by atoms with Gasteiger partial charge in [-0.2, -0.15) is 0 Å². The smallest absolute Gasteiger partial charge is 0.00673 e. The van der Waals surface area contributed by atoms with Crippen LogP contribution in [0.4, 0.5) is 0 Å². The van der Waals surface area contributed by atoms with E-state index >= 15 is 0 Å². The van der Waals surface area contributed by atoms with Gasteiger partial charge in [0.15, 0.2) is 0 Å². The lowest BCUT2D eigenvalue weighted by molar-refractivity contribution is 0.0719. The predicted octanol–water partition coefficient (Wildman–Crippen LogP) is 5.11. The van der Waals surface area contributed by atoms with Gasteiger partial charge in [-0.25, -0.2) is 0 Å². The van der Waals surface area contributed by atoms with Gasteiger partial charge in [-0.3, -0.25) is 0 Å². The number of hydrogen-bond acceptors (Lipinski definition) is 0. The van der Waals surface area contributed by atoms with Crippen molar-refractivity contribution in [3.63, 3.8) is 0 Å². The predicted molar refractivity (Wildman–Crippen MR) is 89.9 cm³/mol. The molecule has 0 aliphatic heterocycles. The van der Waals surface area contributed by atoms with Crippen molar-refractivity contribution < 1.29 is 0 Å². The number of hydrogen-bond donors (Lipinski definition) is 0. The summed E-state index contributed by atoms with van der Waals surface area (Å²) < 4.78 is 0. The largest absolute Gasteiger partial charge is 0.0654 e. The van der Waals surface area contributed by atoms with E-state index in [4.69, 9.17) is 0 Å². The van der Waals surface area contributed by atoms with E-state index in [-0.39, 0.29) is 0 Å². The topological polar surface area (TPSA) is 0 Å². The SMILES string of the molecule is CCCCC[C@H]1CC[C@H]([C@]2(C)CC[C@@H]([SiH3])CC2)CC1. The van der Waals surface area contributed by atoms with Crippen molar-refractivity contribution in [1.82, 2.24) is 0 Å². The summed E-state index contributed by atoms with van der Waals surface area (Å²) in [5.74, 6) is 2.16. The van der Waals surface area contributed by atoms with Crippen molar-refractivity contribution >= 4 is 10.2 Å². The first-order chi connectivity index (χ1) is 9.14. The highest BCUT2D eigenvalue weighted by Crippen LogP contribution is 2.50. The quantitative estimate of drug-likeness (QED) is 0.485. The third-order valence-electron chi connectivity index (χ3n) is 6.46. The molecule has 0 nitrogen and oxygen atoms in total. The Morgan fingerprint density at radius 3 is 2.16 bits per heavy atom. The zero-order valence-corrected chi connectivity index (χ0v) is 15.7. The van der Waals surface area contributed by atoms with Gasteiger partial charge in [-0.15, -0.1) is 0 Å². The van der Waals surface area contributed by atoms with Gasteiger partial charge in [0.25, 0.3) is 0 Å². The Morgan fingerprint density at radius 2 is 1.58 bits per heavy atom. The summed E-state index contributed by atoms with van der Waals surface area (Å²) in [6.45, 7) is 4.95. The molecule has 0 amide bonds. The minimum absolute atomic E-state index is 0.731. The van der Waals surface area contributed by atoms with Crippen LogP contribution in [0.3, 0.4) is 0 Å². The zero-order valence-electron chi connectivity index (χ0n) is 13.7.